The first-order valence-corrected chi connectivity index (χ1v) is 35.9. The minimum atomic E-state index is -0.903. The molecule has 0 spiro atoms. The van der Waals surface area contributed by atoms with E-state index in [4.69, 9.17) is 10.2 Å². The largest absolute Gasteiger partial charge is 2.00 e. The van der Waals surface area contributed by atoms with Crippen molar-refractivity contribution >= 4 is 61.6 Å². The summed E-state index contributed by atoms with van der Waals surface area (Å²) < 4.78 is 0. The van der Waals surface area contributed by atoms with E-state index in [1.807, 2.05) is 0 Å². The van der Waals surface area contributed by atoms with Gasteiger partial charge in [-0.05, 0) is 38.5 Å². The van der Waals surface area contributed by atoms with Crippen molar-refractivity contribution in [1.82, 2.24) is 0 Å². The molecular formula is C72H142CaO8Zn. The minimum Gasteiger partial charge on any atom is -0.550 e. The molecular weight excluding hydrogens is 1100 g/mol. The average Bonchev–Trinajstić information content (AvgIpc) is 3.43. The van der Waals surface area contributed by atoms with Crippen LogP contribution in [0.25, 0.3) is 0 Å². The topological polar surface area (TPSA) is 155 Å². The summed E-state index contributed by atoms with van der Waals surface area (Å²) in [6.07, 6.45) is 80.1. The van der Waals surface area contributed by atoms with Crippen molar-refractivity contribution in [2.45, 2.75) is 439 Å². The zero-order chi connectivity index (χ0) is 59.6. The maximum atomic E-state index is 10.3. The third kappa shape index (κ3) is 108. The maximum absolute atomic E-state index is 10.3. The van der Waals surface area contributed by atoms with E-state index in [0.717, 1.165) is 51.4 Å². The number of carbonyl (C=O) groups is 4. The van der Waals surface area contributed by atoms with Crippen molar-refractivity contribution in [2.24, 2.45) is 0 Å². The predicted octanol–water partition coefficient (Wildman–Crippen LogP) is 22.3. The molecule has 0 unspecified atom stereocenters. The molecule has 0 aliphatic heterocycles. The number of aliphatic carboxylic acids is 4. The van der Waals surface area contributed by atoms with E-state index in [1.165, 1.54) is 334 Å². The van der Waals surface area contributed by atoms with Crippen LogP contribution in [0.3, 0.4) is 0 Å². The zero-order valence-corrected chi connectivity index (χ0v) is 61.2. The summed E-state index contributed by atoms with van der Waals surface area (Å²) in [6.45, 7) is 9.07. The number of hydrogen-bond donors (Lipinski definition) is 2. The van der Waals surface area contributed by atoms with Gasteiger partial charge in [-0.15, -0.1) is 0 Å². The van der Waals surface area contributed by atoms with E-state index in [1.54, 1.807) is 0 Å². The summed E-state index contributed by atoms with van der Waals surface area (Å²) in [4.78, 5) is 41.1. The van der Waals surface area contributed by atoms with Crippen LogP contribution in [0.4, 0.5) is 0 Å². The van der Waals surface area contributed by atoms with Crippen molar-refractivity contribution in [2.75, 3.05) is 0 Å². The SMILES string of the molecule is CCCCCCCCCCCCCCCCCC(=O)O.CCCCCCCCCCCCCCCCCC(=O)O.CCCCCCCCCCCCCCCCCC(=O)[O-].CCCCCCCCCCCCCCCCCC(=O)[O-].[Ca+2].[Zn]. The number of rotatable bonds is 64. The molecule has 0 radical (unpaired) electrons. The number of carboxylic acids is 4. The van der Waals surface area contributed by atoms with Gasteiger partial charge >= 0.3 is 49.7 Å². The molecule has 82 heavy (non-hydrogen) atoms. The molecule has 0 atom stereocenters. The number of carbonyl (C=O) groups excluding carboxylic acids is 2. The second-order valence-electron chi connectivity index (χ2n) is 24.3. The fourth-order valence-corrected chi connectivity index (χ4v) is 10.6. The summed E-state index contributed by atoms with van der Waals surface area (Å²) >= 11 is 0. The van der Waals surface area contributed by atoms with Crippen LogP contribution >= 0.6 is 0 Å². The quantitative estimate of drug-likeness (QED) is 0.0451. The molecule has 0 saturated carbocycles. The predicted molar refractivity (Wildman–Crippen MR) is 349 cm³/mol. The van der Waals surface area contributed by atoms with E-state index >= 15 is 0 Å². The van der Waals surface area contributed by atoms with Gasteiger partial charge in [0, 0.05) is 44.3 Å². The Morgan fingerprint density at radius 2 is 0.305 bits per heavy atom. The van der Waals surface area contributed by atoms with Crippen LogP contribution in [0.1, 0.15) is 439 Å². The molecule has 8 nitrogen and oxygen atoms in total. The molecule has 0 amide bonds. The van der Waals surface area contributed by atoms with Crippen LogP contribution in [0.5, 0.6) is 0 Å². The monoisotopic (exact) mass is 1240 g/mol. The molecule has 0 heterocycles. The van der Waals surface area contributed by atoms with Crippen molar-refractivity contribution in [3.05, 3.63) is 0 Å². The van der Waals surface area contributed by atoms with Crippen LogP contribution in [-0.4, -0.2) is 71.8 Å². The van der Waals surface area contributed by atoms with Crippen LogP contribution in [0, 0.1) is 0 Å². The zero-order valence-electron chi connectivity index (χ0n) is 56.0. The Bertz CT molecular complexity index is 998. The Morgan fingerprint density at radius 3 is 0.402 bits per heavy atom. The summed E-state index contributed by atoms with van der Waals surface area (Å²) in [5, 5.41) is 37.5. The fourth-order valence-electron chi connectivity index (χ4n) is 10.6. The van der Waals surface area contributed by atoms with E-state index in [2.05, 4.69) is 27.7 Å². The standard InChI is InChI=1S/4C18H36O2.Ca.Zn/c4*1-2-3-4-5-6-7-8-9-10-11-12-13-14-15-16-17-18(19)20;;/h4*2-17H2,1H3,(H,19,20);;/q;;;;+2;/p-2. The molecule has 2 N–H and O–H groups in total. The van der Waals surface area contributed by atoms with Crippen molar-refractivity contribution in [3.63, 3.8) is 0 Å². The Hall–Kier alpha value is -0.237. The summed E-state index contributed by atoms with van der Waals surface area (Å²) in [7, 11) is 0. The minimum absolute atomic E-state index is 0. The third-order valence-corrected chi connectivity index (χ3v) is 16.0. The van der Waals surface area contributed by atoms with Gasteiger partial charge in [0.25, 0.3) is 0 Å². The maximum Gasteiger partial charge on any atom is 2.00 e. The smallest absolute Gasteiger partial charge is 0.550 e. The molecule has 0 bridgehead atoms. The van der Waals surface area contributed by atoms with Gasteiger partial charge in [0.05, 0.1) is 0 Å². The van der Waals surface area contributed by atoms with Crippen LogP contribution in [-0.2, 0) is 38.7 Å². The molecule has 0 aromatic carbocycles. The average molecular weight is 1240 g/mol. The molecule has 0 aliphatic carbocycles. The molecule has 0 rings (SSSR count). The van der Waals surface area contributed by atoms with Gasteiger partial charge in [0.2, 0.25) is 0 Å². The fraction of sp³-hybridized carbons (Fsp3) is 0.944. The first-order chi connectivity index (χ1) is 39.1. The Balaban J connectivity index is -0.000000233. The molecule has 0 aromatic heterocycles. The van der Waals surface area contributed by atoms with Crippen LogP contribution in [0.2, 0.25) is 0 Å². The van der Waals surface area contributed by atoms with E-state index in [-0.39, 0.29) is 70.1 Å². The van der Waals surface area contributed by atoms with Gasteiger partial charge in [0.15, 0.2) is 0 Å². The van der Waals surface area contributed by atoms with Crippen LogP contribution in [0.15, 0.2) is 0 Å². The van der Waals surface area contributed by atoms with Gasteiger partial charge < -0.3 is 30.0 Å². The summed E-state index contributed by atoms with van der Waals surface area (Å²) in [5.41, 5.74) is 0. The van der Waals surface area contributed by atoms with Crippen molar-refractivity contribution in [3.8, 4) is 0 Å². The van der Waals surface area contributed by atoms with E-state index in [0.29, 0.717) is 12.8 Å². The molecule has 0 aliphatic rings. The van der Waals surface area contributed by atoms with Gasteiger partial charge in [-0.25, -0.2) is 0 Å². The van der Waals surface area contributed by atoms with Crippen LogP contribution < -0.4 is 10.2 Å². The first kappa shape index (κ1) is 92.9. The molecule has 0 saturated heterocycles. The normalized spacial score (nSPS) is 10.6. The first-order valence-electron chi connectivity index (χ1n) is 35.9. The van der Waals surface area contributed by atoms with Gasteiger partial charge in [-0.3, -0.25) is 9.59 Å². The third-order valence-electron chi connectivity index (χ3n) is 16.0. The van der Waals surface area contributed by atoms with Gasteiger partial charge in [-0.2, -0.15) is 0 Å². The van der Waals surface area contributed by atoms with Gasteiger partial charge in [0.1, 0.15) is 0 Å². The molecule has 0 aromatic rings. The molecule has 10 heteroatoms. The number of carboxylic acid groups (broad SMARTS) is 4. The van der Waals surface area contributed by atoms with E-state index in [9.17, 15) is 29.4 Å². The Morgan fingerprint density at radius 1 is 0.207 bits per heavy atom. The second kappa shape index (κ2) is 89.5. The Labute approximate surface area is 554 Å². The number of hydrogen-bond acceptors (Lipinski definition) is 6. The van der Waals surface area contributed by atoms with E-state index < -0.39 is 23.9 Å². The molecule has 482 valence electrons. The van der Waals surface area contributed by atoms with Gasteiger partial charge in [-0.1, -0.05) is 387 Å². The number of unbranched alkanes of at least 4 members (excludes halogenated alkanes) is 56. The van der Waals surface area contributed by atoms with Crippen molar-refractivity contribution in [1.29, 1.82) is 0 Å². The summed E-state index contributed by atoms with van der Waals surface area (Å²) in [5.74, 6) is -3.11. The molecule has 0 fully saturated rings. The Kier molecular flexibility index (Phi) is 101. The van der Waals surface area contributed by atoms with Crippen molar-refractivity contribution < 1.29 is 59.1 Å². The second-order valence-corrected chi connectivity index (χ2v) is 24.3. The summed E-state index contributed by atoms with van der Waals surface area (Å²) in [6, 6.07) is 0.